The van der Waals surface area contributed by atoms with E-state index in [1.165, 1.54) is 5.56 Å². The van der Waals surface area contributed by atoms with Crippen molar-refractivity contribution in [2.24, 2.45) is 0 Å². The van der Waals surface area contributed by atoms with Crippen LogP contribution in [0.2, 0.25) is 0 Å². The minimum atomic E-state index is -0.181. The number of pyridine rings is 1. The van der Waals surface area contributed by atoms with Gasteiger partial charge in [0, 0.05) is 38.5 Å². The molecule has 11 heteroatoms. The number of ether oxygens (including phenoxy) is 1. The Kier molecular flexibility index (Phi) is 6.84. The number of nitrogens with one attached hydrogen (secondary N) is 1. The number of aromatic nitrogens is 5. The maximum absolute atomic E-state index is 12.8. The molecule has 0 aliphatic carbocycles. The second-order valence-corrected chi connectivity index (χ2v) is 11.9. The largest absolute Gasteiger partial charge is 0.491 e. The molecular formula is C28H34N8O2S. The van der Waals surface area contributed by atoms with Crippen LogP contribution in [0.25, 0.3) is 5.65 Å². The molecule has 2 aliphatic heterocycles. The number of urea groups is 1. The van der Waals surface area contributed by atoms with E-state index in [2.05, 4.69) is 51.6 Å². The Hall–Kier alpha value is -3.73. The first-order valence-electron chi connectivity index (χ1n) is 13.5. The summed E-state index contributed by atoms with van der Waals surface area (Å²) in [5, 5.41) is 18.3. The van der Waals surface area contributed by atoms with E-state index < -0.39 is 0 Å². The topological polar surface area (TPSA) is 101 Å². The van der Waals surface area contributed by atoms with Crippen molar-refractivity contribution in [1.82, 2.24) is 35.0 Å². The van der Waals surface area contributed by atoms with Gasteiger partial charge in [0.2, 0.25) is 5.13 Å². The van der Waals surface area contributed by atoms with Crippen LogP contribution in [0.4, 0.5) is 9.93 Å². The number of anilines is 1. The molecule has 1 aromatic carbocycles. The summed E-state index contributed by atoms with van der Waals surface area (Å²) >= 11 is 1.62. The van der Waals surface area contributed by atoms with Crippen LogP contribution < -0.4 is 15.0 Å². The smallest absolute Gasteiger partial charge is 0.317 e. The van der Waals surface area contributed by atoms with Gasteiger partial charge in [-0.05, 0) is 43.9 Å². The summed E-state index contributed by atoms with van der Waals surface area (Å²) in [6.07, 6.45) is 4.28. The zero-order chi connectivity index (χ0) is 27.0. The van der Waals surface area contributed by atoms with E-state index in [4.69, 9.17) is 14.8 Å². The number of hydrogen-bond acceptors (Lipinski definition) is 8. The first-order chi connectivity index (χ1) is 18.9. The van der Waals surface area contributed by atoms with Gasteiger partial charge in [-0.1, -0.05) is 48.6 Å². The van der Waals surface area contributed by atoms with Gasteiger partial charge in [0.25, 0.3) is 0 Å². The third-order valence-electron chi connectivity index (χ3n) is 7.77. The maximum Gasteiger partial charge on any atom is 0.317 e. The Bertz CT molecular complexity index is 1460. The third-order valence-corrected chi connectivity index (χ3v) is 8.67. The van der Waals surface area contributed by atoms with E-state index >= 15 is 0 Å². The summed E-state index contributed by atoms with van der Waals surface area (Å²) in [7, 11) is 0. The molecular weight excluding hydrogens is 512 g/mol. The number of amides is 2. The SMILES string of the molecule is Cc1nnc(N2CCC3(CC2)CN(CCc2nc4c(C)cc(OC[C@H](C)c5ccccc5)cn4n2)C(=O)N3)s1. The van der Waals surface area contributed by atoms with Crippen molar-refractivity contribution < 1.29 is 9.53 Å². The minimum absolute atomic E-state index is 0.00150. The number of carbonyl (C=O) groups is 1. The highest BCUT2D eigenvalue weighted by atomic mass is 32.1. The summed E-state index contributed by atoms with van der Waals surface area (Å²) in [6.45, 7) is 9.76. The predicted octanol–water partition coefficient (Wildman–Crippen LogP) is 3.99. The van der Waals surface area contributed by atoms with Crippen LogP contribution in [0.1, 0.15) is 47.6 Å². The zero-order valence-corrected chi connectivity index (χ0v) is 23.4. The van der Waals surface area contributed by atoms with Gasteiger partial charge in [0.15, 0.2) is 11.5 Å². The lowest BCUT2D eigenvalue weighted by Crippen LogP contribution is -2.52. The molecule has 3 aromatic heterocycles. The standard InChI is InChI=1S/C28H34N8O2S/c1-19-15-23(38-17-20(2)22-7-5-4-6-8-22)16-36-25(19)29-24(33-36)9-12-35-18-28(30-26(35)37)10-13-34(14-11-28)27-32-31-21(3)39-27/h4-8,15-16,20H,9-14,17-18H2,1-3H3,(H,30,37)/t20-/m0/s1. The number of fused-ring (bicyclic) bond motifs is 1. The van der Waals surface area contributed by atoms with Crippen LogP contribution >= 0.6 is 11.3 Å². The Morgan fingerprint density at radius 3 is 2.69 bits per heavy atom. The van der Waals surface area contributed by atoms with Gasteiger partial charge >= 0.3 is 6.03 Å². The van der Waals surface area contributed by atoms with Crippen LogP contribution in [-0.2, 0) is 6.42 Å². The average Bonchev–Trinajstić information content (AvgIpc) is 3.64. The number of benzene rings is 1. The monoisotopic (exact) mass is 546 g/mol. The molecule has 0 radical (unpaired) electrons. The lowest BCUT2D eigenvalue weighted by Gasteiger charge is -2.38. The molecule has 39 heavy (non-hydrogen) atoms. The molecule has 2 saturated heterocycles. The van der Waals surface area contributed by atoms with Crippen LogP contribution in [-0.4, -0.2) is 74.1 Å². The molecule has 0 bridgehead atoms. The second-order valence-electron chi connectivity index (χ2n) is 10.8. The molecule has 204 valence electrons. The molecule has 2 fully saturated rings. The van der Waals surface area contributed by atoms with Crippen molar-refractivity contribution in [3.8, 4) is 5.75 Å². The summed E-state index contributed by atoms with van der Waals surface area (Å²) in [6, 6.07) is 12.4. The predicted molar refractivity (Wildman–Crippen MR) is 151 cm³/mol. The van der Waals surface area contributed by atoms with Crippen molar-refractivity contribution >= 4 is 28.1 Å². The number of aryl methyl sites for hydroxylation is 2. The number of rotatable bonds is 8. The molecule has 2 amide bonds. The highest BCUT2D eigenvalue weighted by molar-refractivity contribution is 7.15. The van der Waals surface area contributed by atoms with Crippen LogP contribution in [0.15, 0.2) is 42.6 Å². The summed E-state index contributed by atoms with van der Waals surface area (Å²) in [4.78, 5) is 21.8. The average molecular weight is 547 g/mol. The van der Waals surface area contributed by atoms with Crippen molar-refractivity contribution in [2.75, 3.05) is 37.7 Å². The Balaban J connectivity index is 1.05. The zero-order valence-electron chi connectivity index (χ0n) is 22.6. The highest BCUT2D eigenvalue weighted by Gasteiger charge is 2.44. The molecule has 0 unspecified atom stereocenters. The van der Waals surface area contributed by atoms with E-state index in [9.17, 15) is 4.79 Å². The van der Waals surface area contributed by atoms with E-state index in [1.807, 2.05) is 37.1 Å². The molecule has 4 aromatic rings. The lowest BCUT2D eigenvalue weighted by atomic mass is 9.88. The number of nitrogens with zero attached hydrogens (tertiary/aromatic N) is 7. The first-order valence-corrected chi connectivity index (χ1v) is 14.3. The van der Waals surface area contributed by atoms with Crippen LogP contribution in [0.3, 0.4) is 0 Å². The highest BCUT2D eigenvalue weighted by Crippen LogP contribution is 2.31. The fourth-order valence-corrected chi connectivity index (χ4v) is 6.21. The van der Waals surface area contributed by atoms with Gasteiger partial charge in [-0.15, -0.1) is 10.2 Å². The fourth-order valence-electron chi connectivity index (χ4n) is 5.47. The van der Waals surface area contributed by atoms with Crippen molar-refractivity contribution in [1.29, 1.82) is 0 Å². The van der Waals surface area contributed by atoms with Crippen molar-refractivity contribution in [3.63, 3.8) is 0 Å². The Morgan fingerprint density at radius 2 is 1.95 bits per heavy atom. The molecule has 10 nitrogen and oxygen atoms in total. The van der Waals surface area contributed by atoms with Gasteiger partial charge in [-0.2, -0.15) is 5.10 Å². The lowest BCUT2D eigenvalue weighted by molar-refractivity contribution is 0.217. The van der Waals surface area contributed by atoms with Crippen molar-refractivity contribution in [2.45, 2.75) is 51.5 Å². The summed E-state index contributed by atoms with van der Waals surface area (Å²) < 4.78 is 7.91. The Labute approximate surface area is 232 Å². The first kappa shape index (κ1) is 25.5. The molecule has 1 atom stereocenters. The molecule has 2 aliphatic rings. The molecule has 1 N–H and O–H groups in total. The summed E-state index contributed by atoms with van der Waals surface area (Å²) in [5.41, 5.74) is 2.90. The minimum Gasteiger partial charge on any atom is -0.491 e. The third kappa shape index (κ3) is 5.40. The molecule has 6 rings (SSSR count). The number of carbonyl (C=O) groups excluding carboxylic acids is 1. The quantitative estimate of drug-likeness (QED) is 0.357. The Morgan fingerprint density at radius 1 is 1.15 bits per heavy atom. The van der Waals surface area contributed by atoms with E-state index in [-0.39, 0.29) is 17.5 Å². The van der Waals surface area contributed by atoms with Gasteiger partial charge in [-0.3, -0.25) is 0 Å². The number of piperidine rings is 1. The molecule has 5 heterocycles. The second kappa shape index (κ2) is 10.4. The van der Waals surface area contributed by atoms with Gasteiger partial charge in [0.05, 0.1) is 18.3 Å². The molecule has 0 saturated carbocycles. The van der Waals surface area contributed by atoms with Gasteiger partial charge < -0.3 is 19.9 Å². The summed E-state index contributed by atoms with van der Waals surface area (Å²) in [5.74, 6) is 1.78. The normalized spacial score (nSPS) is 17.7. The van der Waals surface area contributed by atoms with Gasteiger partial charge in [-0.25, -0.2) is 14.3 Å². The van der Waals surface area contributed by atoms with Crippen LogP contribution in [0.5, 0.6) is 5.75 Å². The number of hydrogen-bond donors (Lipinski definition) is 1. The van der Waals surface area contributed by atoms with Crippen LogP contribution in [0, 0.1) is 13.8 Å². The maximum atomic E-state index is 12.8. The van der Waals surface area contributed by atoms with E-state index in [0.29, 0.717) is 26.1 Å². The van der Waals surface area contributed by atoms with E-state index in [1.54, 1.807) is 15.9 Å². The van der Waals surface area contributed by atoms with E-state index in [0.717, 1.165) is 58.9 Å². The van der Waals surface area contributed by atoms with Crippen molar-refractivity contribution in [3.05, 3.63) is 64.6 Å². The fraction of sp³-hybridized carbons (Fsp3) is 0.464. The molecule has 1 spiro atoms. The van der Waals surface area contributed by atoms with Gasteiger partial charge in [0.1, 0.15) is 10.8 Å².